The number of hydrogen-bond donors (Lipinski definition) is 2. The molecule has 0 fully saturated rings. The molecule has 9 heteroatoms. The average molecular weight is 503 g/mol. The van der Waals surface area contributed by atoms with Gasteiger partial charge >= 0.3 is 0 Å². The first kappa shape index (κ1) is 25.8. The molecule has 2 heterocycles. The largest absolute Gasteiger partial charge is 0.503 e. The predicted molar refractivity (Wildman–Crippen MR) is 138 cm³/mol. The molecule has 1 atom stereocenters. The molecule has 0 bridgehead atoms. The molecule has 1 aromatic heterocycles. The summed E-state index contributed by atoms with van der Waals surface area (Å²) >= 11 is 0. The molecule has 1 aliphatic rings. The quantitative estimate of drug-likeness (QED) is 0.408. The minimum atomic E-state index is -0.642. The van der Waals surface area contributed by atoms with Crippen molar-refractivity contribution in [3.63, 3.8) is 0 Å². The number of benzene rings is 2. The average Bonchev–Trinajstić information content (AvgIpc) is 3.46. The molecular weight excluding hydrogens is 472 g/mol. The molecule has 0 radical (unpaired) electrons. The van der Waals surface area contributed by atoms with Gasteiger partial charge in [-0.2, -0.15) is 4.98 Å². The summed E-state index contributed by atoms with van der Waals surface area (Å²) in [5.41, 5.74) is 2.05. The second-order valence-electron chi connectivity index (χ2n) is 8.91. The Bertz CT molecular complexity index is 1340. The number of carbonyl (C=O) groups excluding carboxylic acids is 3. The summed E-state index contributed by atoms with van der Waals surface area (Å²) in [7, 11) is 0. The molecule has 3 aromatic rings. The van der Waals surface area contributed by atoms with E-state index in [0.29, 0.717) is 53.5 Å². The standard InChI is InChI=1S/C28H30N4O5/c1-5-17(6-2)23-22(24(33)18-8-10-20(11-9-18)27(35)29-7-3)25(34)28(36)32(23)21-14-12-19(13-15-21)26-30-16(4)37-31-26/h8-15,17,23,34H,5-7H2,1-4H3,(H,29,35). The lowest BCUT2D eigenvalue weighted by Crippen LogP contribution is -2.42. The van der Waals surface area contributed by atoms with Gasteiger partial charge in [0, 0.05) is 35.8 Å². The van der Waals surface area contributed by atoms with Gasteiger partial charge in [-0.15, -0.1) is 0 Å². The second kappa shape index (κ2) is 10.8. The molecule has 0 saturated carbocycles. The number of hydrogen-bond acceptors (Lipinski definition) is 7. The number of aryl methyl sites for hydroxylation is 1. The van der Waals surface area contributed by atoms with Crippen molar-refractivity contribution in [1.82, 2.24) is 15.5 Å². The van der Waals surface area contributed by atoms with Gasteiger partial charge in [-0.05, 0) is 49.2 Å². The molecule has 1 aliphatic heterocycles. The zero-order valence-corrected chi connectivity index (χ0v) is 21.3. The van der Waals surface area contributed by atoms with Gasteiger partial charge in [-0.3, -0.25) is 19.3 Å². The fourth-order valence-corrected chi connectivity index (χ4v) is 4.70. The molecule has 0 saturated heterocycles. The molecule has 0 spiro atoms. The lowest BCUT2D eigenvalue weighted by Gasteiger charge is -2.32. The van der Waals surface area contributed by atoms with Crippen LogP contribution in [0.5, 0.6) is 0 Å². The minimum absolute atomic E-state index is 0.0679. The number of aliphatic hydroxyl groups excluding tert-OH is 1. The van der Waals surface area contributed by atoms with Gasteiger partial charge in [-0.1, -0.05) is 44.0 Å². The van der Waals surface area contributed by atoms with Gasteiger partial charge in [0.15, 0.2) is 11.5 Å². The number of nitrogens with one attached hydrogen (secondary N) is 1. The molecule has 192 valence electrons. The summed E-state index contributed by atoms with van der Waals surface area (Å²) in [6, 6.07) is 12.6. The topological polar surface area (TPSA) is 126 Å². The molecular formula is C28H30N4O5. The van der Waals surface area contributed by atoms with Crippen molar-refractivity contribution in [1.29, 1.82) is 0 Å². The maximum Gasteiger partial charge on any atom is 0.294 e. The van der Waals surface area contributed by atoms with Crippen molar-refractivity contribution in [3.05, 3.63) is 76.9 Å². The molecule has 2 N–H and O–H groups in total. The van der Waals surface area contributed by atoms with Crippen LogP contribution in [0.3, 0.4) is 0 Å². The number of rotatable bonds is 9. The van der Waals surface area contributed by atoms with Crippen molar-refractivity contribution < 1.29 is 24.0 Å². The highest BCUT2D eigenvalue weighted by Crippen LogP contribution is 2.38. The van der Waals surface area contributed by atoms with Gasteiger partial charge in [-0.25, -0.2) is 0 Å². The van der Waals surface area contributed by atoms with Gasteiger partial charge in [0.25, 0.3) is 11.8 Å². The smallest absolute Gasteiger partial charge is 0.294 e. The first-order valence-electron chi connectivity index (χ1n) is 12.4. The van der Waals surface area contributed by atoms with E-state index in [1.165, 1.54) is 4.90 Å². The Labute approximate surface area is 215 Å². The zero-order chi connectivity index (χ0) is 26.7. The van der Waals surface area contributed by atoms with Crippen LogP contribution in [0.1, 0.15) is 60.2 Å². The molecule has 4 rings (SSSR count). The first-order valence-corrected chi connectivity index (χ1v) is 12.4. The van der Waals surface area contributed by atoms with Crippen LogP contribution in [0.2, 0.25) is 0 Å². The highest BCUT2D eigenvalue weighted by molar-refractivity contribution is 6.21. The third kappa shape index (κ3) is 4.89. The Hall–Kier alpha value is -4.27. The Morgan fingerprint density at radius 2 is 1.65 bits per heavy atom. The van der Waals surface area contributed by atoms with Gasteiger partial charge < -0.3 is 14.9 Å². The van der Waals surface area contributed by atoms with Crippen LogP contribution in [0, 0.1) is 12.8 Å². The minimum Gasteiger partial charge on any atom is -0.503 e. The maximum absolute atomic E-state index is 13.7. The third-order valence-electron chi connectivity index (χ3n) is 6.67. The number of amides is 2. The van der Waals surface area contributed by atoms with E-state index in [1.54, 1.807) is 55.5 Å². The maximum atomic E-state index is 13.7. The summed E-state index contributed by atoms with van der Waals surface area (Å²) in [5, 5.41) is 17.6. The third-order valence-corrected chi connectivity index (χ3v) is 6.67. The first-order chi connectivity index (χ1) is 17.8. The predicted octanol–water partition coefficient (Wildman–Crippen LogP) is 4.64. The molecule has 1 unspecified atom stereocenters. The lowest BCUT2D eigenvalue weighted by molar-refractivity contribution is -0.117. The Morgan fingerprint density at radius 3 is 2.19 bits per heavy atom. The van der Waals surface area contributed by atoms with Gasteiger partial charge in [0.2, 0.25) is 11.7 Å². The van der Waals surface area contributed by atoms with Gasteiger partial charge in [0.05, 0.1) is 11.6 Å². The fourth-order valence-electron chi connectivity index (χ4n) is 4.70. The van der Waals surface area contributed by atoms with Crippen LogP contribution in [0.15, 0.2) is 64.4 Å². The number of nitrogens with zero attached hydrogens (tertiary/aromatic N) is 3. The van der Waals surface area contributed by atoms with E-state index in [-0.39, 0.29) is 17.4 Å². The van der Waals surface area contributed by atoms with Crippen LogP contribution >= 0.6 is 0 Å². The molecule has 2 aromatic carbocycles. The van der Waals surface area contributed by atoms with Gasteiger partial charge in [0.1, 0.15) is 0 Å². The zero-order valence-electron chi connectivity index (χ0n) is 21.3. The van der Waals surface area contributed by atoms with E-state index in [2.05, 4.69) is 15.5 Å². The second-order valence-corrected chi connectivity index (χ2v) is 8.91. The van der Waals surface area contributed by atoms with Crippen molar-refractivity contribution in [3.8, 4) is 11.4 Å². The molecule has 0 aliphatic carbocycles. The molecule has 2 amide bonds. The Balaban J connectivity index is 1.69. The van der Waals surface area contributed by atoms with E-state index >= 15 is 0 Å². The van der Waals surface area contributed by atoms with E-state index in [9.17, 15) is 19.5 Å². The number of anilines is 1. The summed E-state index contributed by atoms with van der Waals surface area (Å²) in [6.45, 7) is 8.01. The van der Waals surface area contributed by atoms with Crippen LogP contribution in [0.4, 0.5) is 5.69 Å². The van der Waals surface area contributed by atoms with E-state index in [4.69, 9.17) is 4.52 Å². The van der Waals surface area contributed by atoms with Crippen molar-refractivity contribution in [2.75, 3.05) is 11.4 Å². The number of carbonyl (C=O) groups is 3. The summed E-state index contributed by atoms with van der Waals surface area (Å²) in [6.07, 6.45) is 1.40. The number of aliphatic hydroxyl groups is 1. The van der Waals surface area contributed by atoms with Crippen LogP contribution in [-0.2, 0) is 4.79 Å². The molecule has 37 heavy (non-hydrogen) atoms. The summed E-state index contributed by atoms with van der Waals surface area (Å²) in [5.74, 6) is -1.04. The lowest BCUT2D eigenvalue weighted by atomic mass is 9.85. The van der Waals surface area contributed by atoms with Crippen molar-refractivity contribution in [2.24, 2.45) is 5.92 Å². The van der Waals surface area contributed by atoms with Crippen LogP contribution in [-0.4, -0.2) is 45.4 Å². The summed E-state index contributed by atoms with van der Waals surface area (Å²) < 4.78 is 5.05. The highest BCUT2D eigenvalue weighted by atomic mass is 16.5. The summed E-state index contributed by atoms with van der Waals surface area (Å²) in [4.78, 5) is 44.8. The SMILES string of the molecule is CCNC(=O)c1ccc(C(=O)C2=C(O)C(=O)N(c3ccc(-c4noc(C)n4)cc3)C2C(CC)CC)cc1. The van der Waals surface area contributed by atoms with Crippen LogP contribution < -0.4 is 10.2 Å². The van der Waals surface area contributed by atoms with Crippen molar-refractivity contribution in [2.45, 2.75) is 46.6 Å². The van der Waals surface area contributed by atoms with Crippen molar-refractivity contribution >= 4 is 23.3 Å². The monoisotopic (exact) mass is 502 g/mol. The normalized spacial score (nSPS) is 15.5. The number of ketones is 1. The van der Waals surface area contributed by atoms with E-state index in [1.807, 2.05) is 20.8 Å². The van der Waals surface area contributed by atoms with Crippen LogP contribution in [0.25, 0.3) is 11.4 Å². The molecule has 9 nitrogen and oxygen atoms in total. The fraction of sp³-hybridized carbons (Fsp3) is 0.321. The number of aromatic nitrogens is 2. The van der Waals surface area contributed by atoms with E-state index < -0.39 is 23.5 Å². The Morgan fingerprint density at radius 1 is 1.03 bits per heavy atom. The van der Waals surface area contributed by atoms with E-state index in [0.717, 1.165) is 0 Å². The highest BCUT2D eigenvalue weighted by Gasteiger charge is 2.46. The Kier molecular flexibility index (Phi) is 7.52. The number of Topliss-reactive ketones (excluding diaryl/α,β-unsaturated/α-hetero) is 1.